The number of nitrogens with one attached hydrogen (secondary N) is 1. The van der Waals surface area contributed by atoms with Crippen molar-refractivity contribution in [1.29, 1.82) is 0 Å². The molecule has 3 atom stereocenters. The lowest BCUT2D eigenvalue weighted by Crippen LogP contribution is -2.44. The maximum atomic E-state index is 13.2. The first-order valence-electron chi connectivity index (χ1n) is 11.5. The Morgan fingerprint density at radius 1 is 1.00 bits per heavy atom. The van der Waals surface area contributed by atoms with Crippen molar-refractivity contribution in [2.24, 2.45) is 0 Å². The first kappa shape index (κ1) is 24.3. The largest absolute Gasteiger partial charge is 0.480 e. The third-order valence-electron chi connectivity index (χ3n) is 6.60. The number of hydrogen-bond donors (Lipinski definition) is 2. The topological polar surface area (TPSA) is 92.7 Å². The van der Waals surface area contributed by atoms with E-state index in [1.165, 1.54) is 6.08 Å². The molecule has 0 saturated heterocycles. The van der Waals surface area contributed by atoms with Gasteiger partial charge in [-0.2, -0.15) is 4.72 Å². The number of halogens is 1. The average Bonchev–Trinajstić information content (AvgIpc) is 3.60. The van der Waals surface area contributed by atoms with Crippen LogP contribution in [-0.2, 0) is 14.8 Å². The lowest BCUT2D eigenvalue weighted by Gasteiger charge is -2.20. The zero-order valence-electron chi connectivity index (χ0n) is 19.2. The molecular formula is C28H24ClNO5S. The molecule has 3 aromatic carbocycles. The van der Waals surface area contributed by atoms with Gasteiger partial charge in [-0.3, -0.25) is 4.79 Å². The van der Waals surface area contributed by atoms with E-state index in [1.54, 1.807) is 54.6 Å². The number of sulfonamides is 1. The first-order chi connectivity index (χ1) is 17.3. The highest BCUT2D eigenvalue weighted by atomic mass is 35.5. The molecule has 3 unspecified atom stereocenters. The van der Waals surface area contributed by atoms with Gasteiger partial charge in [0, 0.05) is 22.4 Å². The van der Waals surface area contributed by atoms with Gasteiger partial charge in [0.2, 0.25) is 10.0 Å². The van der Waals surface area contributed by atoms with Crippen molar-refractivity contribution in [3.63, 3.8) is 0 Å². The third kappa shape index (κ3) is 4.82. The Kier molecular flexibility index (Phi) is 6.47. The molecule has 5 rings (SSSR count). The van der Waals surface area contributed by atoms with Gasteiger partial charge in [-0.1, -0.05) is 72.3 Å². The molecule has 8 heteroatoms. The van der Waals surface area contributed by atoms with Gasteiger partial charge in [0.1, 0.15) is 17.0 Å². The molecule has 1 fully saturated rings. The molecule has 0 spiro atoms. The Morgan fingerprint density at radius 2 is 1.69 bits per heavy atom. The Hall–Kier alpha value is -3.39. The summed E-state index contributed by atoms with van der Waals surface area (Å²) >= 11 is 5.96. The van der Waals surface area contributed by atoms with Crippen molar-refractivity contribution in [3.8, 4) is 11.5 Å². The molecular weight excluding hydrogens is 498 g/mol. The van der Waals surface area contributed by atoms with E-state index in [4.69, 9.17) is 16.3 Å². The number of aliphatic carboxylic acids is 1. The number of carbonyl (C=O) groups is 1. The third-order valence-corrected chi connectivity index (χ3v) is 8.41. The second-order valence-electron chi connectivity index (χ2n) is 8.95. The van der Waals surface area contributed by atoms with Crippen LogP contribution in [0.5, 0.6) is 11.5 Å². The molecule has 0 amide bonds. The Bertz CT molecular complexity index is 1450. The van der Waals surface area contributed by atoms with E-state index in [2.05, 4.69) is 4.72 Å². The second-order valence-corrected chi connectivity index (χ2v) is 11.1. The van der Waals surface area contributed by atoms with Crippen molar-refractivity contribution in [2.45, 2.75) is 30.2 Å². The minimum Gasteiger partial charge on any atom is -0.480 e. The predicted octanol–water partition coefficient (Wildman–Crippen LogP) is 5.99. The summed E-state index contributed by atoms with van der Waals surface area (Å²) in [5.74, 6) is -0.659. The summed E-state index contributed by atoms with van der Waals surface area (Å²) in [6.45, 7) is 0. The standard InChI is InChI=1S/C28H24ClNO5S/c29-21-14-10-19(11-15-21)20-12-16-23(17-13-20)36(33,34)30-28(27(31)32)18-25(28)24-8-4-5-9-26(24)35-22-6-2-1-3-7-22/h1-12,14-17,20,25,30H,13,18H2,(H,31,32). The summed E-state index contributed by atoms with van der Waals surface area (Å²) < 4.78 is 35.0. The van der Waals surface area contributed by atoms with Crippen LogP contribution < -0.4 is 9.46 Å². The normalized spacial score (nSPS) is 23.1. The molecule has 0 aromatic heterocycles. The number of rotatable bonds is 8. The lowest BCUT2D eigenvalue weighted by atomic mass is 9.93. The number of hydrogen-bond acceptors (Lipinski definition) is 4. The van der Waals surface area contributed by atoms with Gasteiger partial charge in [0.05, 0.1) is 4.91 Å². The number of para-hydroxylation sites is 2. The van der Waals surface area contributed by atoms with Crippen LogP contribution in [0.15, 0.2) is 102 Å². The minimum atomic E-state index is -4.07. The van der Waals surface area contributed by atoms with Crippen LogP contribution in [0.25, 0.3) is 0 Å². The lowest BCUT2D eigenvalue weighted by molar-refractivity contribution is -0.140. The summed E-state index contributed by atoms with van der Waals surface area (Å²) in [6.07, 6.45) is 5.58. The van der Waals surface area contributed by atoms with Crippen LogP contribution >= 0.6 is 11.6 Å². The molecule has 6 nitrogen and oxygen atoms in total. The van der Waals surface area contributed by atoms with Crippen LogP contribution in [-0.4, -0.2) is 25.0 Å². The van der Waals surface area contributed by atoms with Crippen molar-refractivity contribution < 1.29 is 23.1 Å². The number of ether oxygens (including phenoxy) is 1. The van der Waals surface area contributed by atoms with Crippen LogP contribution in [0, 0.1) is 0 Å². The molecule has 184 valence electrons. The predicted molar refractivity (Wildman–Crippen MR) is 139 cm³/mol. The van der Waals surface area contributed by atoms with Crippen LogP contribution in [0.4, 0.5) is 0 Å². The van der Waals surface area contributed by atoms with Gasteiger partial charge in [-0.15, -0.1) is 0 Å². The number of carboxylic acid groups (broad SMARTS) is 1. The van der Waals surface area contributed by atoms with Gasteiger partial charge in [0.15, 0.2) is 0 Å². The smallest absolute Gasteiger partial charge is 0.325 e. The molecule has 0 radical (unpaired) electrons. The Balaban J connectivity index is 1.35. The molecule has 2 aliphatic carbocycles. The fourth-order valence-corrected chi connectivity index (χ4v) is 6.17. The second kappa shape index (κ2) is 9.58. The Morgan fingerprint density at radius 3 is 2.36 bits per heavy atom. The number of benzene rings is 3. The van der Waals surface area contributed by atoms with Crippen LogP contribution in [0.3, 0.4) is 0 Å². The molecule has 0 heterocycles. The molecule has 0 bridgehead atoms. The molecule has 3 aromatic rings. The van der Waals surface area contributed by atoms with Gasteiger partial charge in [-0.05, 0) is 54.8 Å². The highest BCUT2D eigenvalue weighted by Gasteiger charge is 2.64. The SMILES string of the molecule is O=C(O)C1(NS(=O)(=O)C2=CCC(c3ccc(Cl)cc3)C=C2)CC1c1ccccc1Oc1ccccc1. The summed E-state index contributed by atoms with van der Waals surface area (Å²) in [7, 11) is -4.07. The molecule has 36 heavy (non-hydrogen) atoms. The van der Waals surface area contributed by atoms with Crippen molar-refractivity contribution in [3.05, 3.63) is 118 Å². The molecule has 0 aliphatic heterocycles. The van der Waals surface area contributed by atoms with E-state index in [0.717, 1.165) is 5.56 Å². The highest BCUT2D eigenvalue weighted by molar-refractivity contribution is 7.93. The van der Waals surface area contributed by atoms with Gasteiger partial charge < -0.3 is 9.84 Å². The van der Waals surface area contributed by atoms with E-state index >= 15 is 0 Å². The quantitative estimate of drug-likeness (QED) is 0.380. The van der Waals surface area contributed by atoms with Crippen molar-refractivity contribution in [2.75, 3.05) is 0 Å². The monoisotopic (exact) mass is 521 g/mol. The number of allylic oxidation sites excluding steroid dienone is 3. The van der Waals surface area contributed by atoms with E-state index in [9.17, 15) is 18.3 Å². The molecule has 2 N–H and O–H groups in total. The summed E-state index contributed by atoms with van der Waals surface area (Å²) in [4.78, 5) is 12.4. The highest BCUT2D eigenvalue weighted by Crippen LogP contribution is 2.55. The van der Waals surface area contributed by atoms with E-state index < -0.39 is 27.4 Å². The van der Waals surface area contributed by atoms with Gasteiger partial charge in [0.25, 0.3) is 0 Å². The number of carboxylic acids is 1. The minimum absolute atomic E-state index is 0.0188. The Labute approximate surface area is 214 Å². The van der Waals surface area contributed by atoms with E-state index in [1.807, 2.05) is 36.4 Å². The van der Waals surface area contributed by atoms with E-state index in [-0.39, 0.29) is 17.2 Å². The molecule has 1 saturated carbocycles. The maximum absolute atomic E-state index is 13.2. The zero-order chi connectivity index (χ0) is 25.3. The summed E-state index contributed by atoms with van der Waals surface area (Å²) in [5.41, 5.74) is 0.0227. The maximum Gasteiger partial charge on any atom is 0.325 e. The van der Waals surface area contributed by atoms with Crippen LogP contribution in [0.2, 0.25) is 5.02 Å². The fraction of sp³-hybridized carbons (Fsp3) is 0.179. The molecule has 2 aliphatic rings. The average molecular weight is 522 g/mol. The van der Waals surface area contributed by atoms with Crippen LogP contribution in [0.1, 0.15) is 35.8 Å². The van der Waals surface area contributed by atoms with Gasteiger partial charge in [-0.25, -0.2) is 8.42 Å². The first-order valence-corrected chi connectivity index (χ1v) is 13.4. The van der Waals surface area contributed by atoms with Crippen molar-refractivity contribution >= 4 is 27.6 Å². The van der Waals surface area contributed by atoms with E-state index in [0.29, 0.717) is 28.5 Å². The summed E-state index contributed by atoms with van der Waals surface area (Å²) in [5, 5.41) is 10.7. The van der Waals surface area contributed by atoms with Crippen molar-refractivity contribution in [1.82, 2.24) is 4.72 Å². The zero-order valence-corrected chi connectivity index (χ0v) is 20.7. The summed E-state index contributed by atoms with van der Waals surface area (Å²) in [6, 6.07) is 23.7. The van der Waals surface area contributed by atoms with Gasteiger partial charge >= 0.3 is 5.97 Å². The fourth-order valence-electron chi connectivity index (χ4n) is 4.56.